The topological polar surface area (TPSA) is 50.4 Å². The summed E-state index contributed by atoms with van der Waals surface area (Å²) < 4.78 is 4.67. The summed E-state index contributed by atoms with van der Waals surface area (Å²) in [6.07, 6.45) is 0. The lowest BCUT2D eigenvalue weighted by molar-refractivity contribution is 0.0607. The van der Waals surface area contributed by atoms with Crippen LogP contribution in [0.25, 0.3) is 0 Å². The quantitative estimate of drug-likeness (QED) is 0.643. The van der Waals surface area contributed by atoms with Crippen molar-refractivity contribution in [1.82, 2.24) is 5.32 Å². The Kier molecular flexibility index (Phi) is 4.70. The zero-order valence-electron chi connectivity index (χ0n) is 9.37. The van der Waals surface area contributed by atoms with Gasteiger partial charge in [-0.15, -0.1) is 11.3 Å². The van der Waals surface area contributed by atoms with Crippen LogP contribution in [0.5, 0.6) is 0 Å². The Morgan fingerprint density at radius 2 is 2.25 bits per heavy atom. The van der Waals surface area contributed by atoms with Crippen LogP contribution in [-0.2, 0) is 4.74 Å². The van der Waals surface area contributed by atoms with Gasteiger partial charge in [0.25, 0.3) is 0 Å². The smallest absolute Gasteiger partial charge is 0.350 e. The number of esters is 1. The van der Waals surface area contributed by atoms with Gasteiger partial charge < -0.3 is 15.4 Å². The maximum atomic E-state index is 11.4. The van der Waals surface area contributed by atoms with Crippen LogP contribution in [0.15, 0.2) is 11.4 Å². The molecule has 0 radical (unpaired) electrons. The number of thiocarbonyl (C=S) groups is 1. The Balaban J connectivity index is 2.70. The molecule has 0 aliphatic rings. The molecule has 0 saturated heterocycles. The third-order valence-electron chi connectivity index (χ3n) is 1.70. The minimum Gasteiger partial charge on any atom is -0.465 e. The monoisotopic (exact) mass is 258 g/mol. The van der Waals surface area contributed by atoms with Crippen molar-refractivity contribution in [2.45, 2.75) is 19.9 Å². The van der Waals surface area contributed by atoms with Gasteiger partial charge in [0.1, 0.15) is 4.88 Å². The zero-order valence-corrected chi connectivity index (χ0v) is 11.0. The number of hydrogen-bond donors (Lipinski definition) is 2. The van der Waals surface area contributed by atoms with Gasteiger partial charge >= 0.3 is 5.97 Å². The van der Waals surface area contributed by atoms with Crippen LogP contribution < -0.4 is 10.6 Å². The lowest BCUT2D eigenvalue weighted by Gasteiger charge is -2.12. The number of carbonyl (C=O) groups excluding carboxylic acids is 1. The Labute approximate surface area is 104 Å². The second-order valence-electron chi connectivity index (χ2n) is 3.41. The van der Waals surface area contributed by atoms with Gasteiger partial charge in [0.05, 0.1) is 12.8 Å². The molecule has 0 aromatic carbocycles. The Hall–Kier alpha value is -1.14. The van der Waals surface area contributed by atoms with E-state index in [1.54, 1.807) is 6.07 Å². The molecule has 0 aliphatic carbocycles. The second-order valence-corrected chi connectivity index (χ2v) is 4.73. The molecular formula is C10H14N2O2S2. The third kappa shape index (κ3) is 3.46. The summed E-state index contributed by atoms with van der Waals surface area (Å²) in [7, 11) is 1.36. The second kappa shape index (κ2) is 5.81. The van der Waals surface area contributed by atoms with Crippen molar-refractivity contribution in [2.24, 2.45) is 0 Å². The molecule has 0 bridgehead atoms. The van der Waals surface area contributed by atoms with Gasteiger partial charge in [0.15, 0.2) is 5.11 Å². The van der Waals surface area contributed by atoms with Crippen LogP contribution in [-0.4, -0.2) is 24.2 Å². The summed E-state index contributed by atoms with van der Waals surface area (Å²) in [5.74, 6) is -0.357. The van der Waals surface area contributed by atoms with Crippen molar-refractivity contribution in [3.63, 3.8) is 0 Å². The highest BCUT2D eigenvalue weighted by Gasteiger charge is 2.14. The molecular weight excluding hydrogens is 244 g/mol. The Morgan fingerprint density at radius 3 is 2.81 bits per heavy atom. The molecule has 0 fully saturated rings. The van der Waals surface area contributed by atoms with Gasteiger partial charge in [-0.05, 0) is 37.5 Å². The van der Waals surface area contributed by atoms with Crippen LogP contribution in [0, 0.1) is 0 Å². The molecule has 0 spiro atoms. The van der Waals surface area contributed by atoms with Crippen molar-refractivity contribution in [2.75, 3.05) is 12.4 Å². The maximum Gasteiger partial charge on any atom is 0.350 e. The van der Waals surface area contributed by atoms with Crippen molar-refractivity contribution in [1.29, 1.82) is 0 Å². The van der Waals surface area contributed by atoms with Crippen LogP contribution >= 0.6 is 23.6 Å². The van der Waals surface area contributed by atoms with E-state index in [9.17, 15) is 4.79 Å². The van der Waals surface area contributed by atoms with Crippen molar-refractivity contribution >= 4 is 40.3 Å². The van der Waals surface area contributed by atoms with E-state index in [0.717, 1.165) is 0 Å². The average molecular weight is 258 g/mol. The summed E-state index contributed by atoms with van der Waals surface area (Å²) in [6.45, 7) is 3.98. The summed E-state index contributed by atoms with van der Waals surface area (Å²) in [5, 5.41) is 8.32. The van der Waals surface area contributed by atoms with Gasteiger partial charge in [-0.25, -0.2) is 4.79 Å². The summed E-state index contributed by atoms with van der Waals surface area (Å²) in [6, 6.07) is 2.05. The first-order valence-electron chi connectivity index (χ1n) is 4.78. The van der Waals surface area contributed by atoms with Crippen LogP contribution in [0.2, 0.25) is 0 Å². The lowest BCUT2D eigenvalue weighted by Crippen LogP contribution is -2.34. The number of anilines is 1. The fourth-order valence-corrected chi connectivity index (χ4v) is 2.19. The number of rotatable bonds is 3. The Bertz CT molecular complexity index is 388. The summed E-state index contributed by atoms with van der Waals surface area (Å²) in [5.41, 5.74) is 0.676. The number of nitrogens with one attached hydrogen (secondary N) is 2. The van der Waals surface area contributed by atoms with Crippen molar-refractivity contribution in [3.05, 3.63) is 16.3 Å². The van der Waals surface area contributed by atoms with Gasteiger partial charge in [0, 0.05) is 6.04 Å². The summed E-state index contributed by atoms with van der Waals surface area (Å²) >= 11 is 6.41. The molecule has 16 heavy (non-hydrogen) atoms. The molecule has 1 aromatic rings. The van der Waals surface area contributed by atoms with E-state index in [2.05, 4.69) is 15.4 Å². The molecule has 0 aliphatic heterocycles. The van der Waals surface area contributed by atoms with Crippen LogP contribution in [0.1, 0.15) is 23.5 Å². The highest BCUT2D eigenvalue weighted by atomic mass is 32.1. The number of ether oxygens (including phenoxy) is 1. The molecule has 2 N–H and O–H groups in total. The average Bonchev–Trinajstić information content (AvgIpc) is 2.63. The van der Waals surface area contributed by atoms with Crippen molar-refractivity contribution < 1.29 is 9.53 Å². The molecule has 6 heteroatoms. The van der Waals surface area contributed by atoms with E-state index in [1.807, 2.05) is 19.2 Å². The van der Waals surface area contributed by atoms with E-state index < -0.39 is 0 Å². The number of methoxy groups -OCH3 is 1. The molecule has 1 heterocycles. The Morgan fingerprint density at radius 1 is 1.56 bits per heavy atom. The van der Waals surface area contributed by atoms with E-state index in [4.69, 9.17) is 12.2 Å². The van der Waals surface area contributed by atoms with Crippen molar-refractivity contribution in [3.8, 4) is 0 Å². The molecule has 0 unspecified atom stereocenters. The van der Waals surface area contributed by atoms with Crippen LogP contribution in [0.4, 0.5) is 5.69 Å². The van der Waals surface area contributed by atoms with Gasteiger partial charge in [-0.2, -0.15) is 0 Å². The zero-order chi connectivity index (χ0) is 12.1. The van der Waals surface area contributed by atoms with Gasteiger partial charge in [0.2, 0.25) is 0 Å². The normalized spacial score (nSPS) is 10.0. The first-order chi connectivity index (χ1) is 7.54. The molecule has 1 aromatic heterocycles. The van der Waals surface area contributed by atoms with Gasteiger partial charge in [-0.3, -0.25) is 0 Å². The predicted octanol–water partition coefficient (Wildman–Crippen LogP) is 2.23. The maximum absolute atomic E-state index is 11.4. The number of thiophene rings is 1. The minimum atomic E-state index is -0.357. The molecule has 1 rings (SSSR count). The molecule has 0 saturated carbocycles. The van der Waals surface area contributed by atoms with E-state index in [-0.39, 0.29) is 12.0 Å². The fourth-order valence-electron chi connectivity index (χ4n) is 1.08. The number of hydrogen-bond acceptors (Lipinski definition) is 4. The predicted molar refractivity (Wildman–Crippen MR) is 70.2 cm³/mol. The molecule has 4 nitrogen and oxygen atoms in total. The summed E-state index contributed by atoms with van der Waals surface area (Å²) in [4.78, 5) is 11.9. The lowest BCUT2D eigenvalue weighted by atomic mass is 10.4. The largest absolute Gasteiger partial charge is 0.465 e. The minimum absolute atomic E-state index is 0.250. The first kappa shape index (κ1) is 12.9. The highest BCUT2D eigenvalue weighted by molar-refractivity contribution is 7.80. The van der Waals surface area contributed by atoms with Crippen LogP contribution in [0.3, 0.4) is 0 Å². The van der Waals surface area contributed by atoms with E-state index in [1.165, 1.54) is 18.4 Å². The van der Waals surface area contributed by atoms with E-state index >= 15 is 0 Å². The SMILES string of the molecule is COC(=O)c1sccc1NC(=S)NC(C)C. The standard InChI is InChI=1S/C10H14N2O2S2/c1-6(2)11-10(15)12-7-4-5-16-8(7)9(13)14-3/h4-6H,1-3H3,(H2,11,12,15). The van der Waals surface area contributed by atoms with Gasteiger partial charge in [-0.1, -0.05) is 0 Å². The third-order valence-corrected chi connectivity index (χ3v) is 2.82. The molecule has 0 amide bonds. The molecule has 0 atom stereocenters. The van der Waals surface area contributed by atoms with E-state index in [0.29, 0.717) is 15.7 Å². The fraction of sp³-hybridized carbons (Fsp3) is 0.400. The number of carbonyl (C=O) groups is 1. The molecule has 88 valence electrons. The highest BCUT2D eigenvalue weighted by Crippen LogP contribution is 2.22. The first-order valence-corrected chi connectivity index (χ1v) is 6.06.